The van der Waals surface area contributed by atoms with Crippen molar-refractivity contribution in [1.82, 2.24) is 19.1 Å². The minimum atomic E-state index is 0.319. The summed E-state index contributed by atoms with van der Waals surface area (Å²) in [6.45, 7) is 9.12. The molecule has 0 radical (unpaired) electrons. The molecule has 0 aliphatic heterocycles. The standard InChI is InChI=1S/C38H36N4/c1-25(2)31-23-28(24-32(26(3)4)37(31)41-22-21-39-38(41)27-13-7-5-8-14-27)33-19-20-35-36(40-33)30-17-11-12-18-34(30)42(35)29-15-9-6-10-16-29/h5,7-9,11-26H,6,10H2,1-4H3. The van der Waals surface area contributed by atoms with E-state index in [-0.39, 0.29) is 0 Å². The van der Waals surface area contributed by atoms with Gasteiger partial charge in [0, 0.05) is 34.6 Å². The molecule has 0 saturated heterocycles. The topological polar surface area (TPSA) is 35.6 Å². The summed E-state index contributed by atoms with van der Waals surface area (Å²) in [5.74, 6) is 1.60. The zero-order valence-corrected chi connectivity index (χ0v) is 24.8. The zero-order chi connectivity index (χ0) is 28.8. The van der Waals surface area contributed by atoms with E-state index in [1.165, 1.54) is 33.4 Å². The van der Waals surface area contributed by atoms with Crippen LogP contribution in [0.2, 0.25) is 0 Å². The molecule has 0 spiro atoms. The van der Waals surface area contributed by atoms with Gasteiger partial charge >= 0.3 is 0 Å². The number of rotatable bonds is 6. The number of fused-ring (bicyclic) bond motifs is 3. The van der Waals surface area contributed by atoms with E-state index in [1.807, 2.05) is 6.20 Å². The number of hydrogen-bond donors (Lipinski definition) is 0. The van der Waals surface area contributed by atoms with Gasteiger partial charge in [0.05, 0.1) is 27.9 Å². The lowest BCUT2D eigenvalue weighted by molar-refractivity contribution is 0.807. The Balaban J connectivity index is 1.44. The number of allylic oxidation sites excluding steroid dienone is 4. The van der Waals surface area contributed by atoms with Gasteiger partial charge in [0.1, 0.15) is 5.82 Å². The highest BCUT2D eigenvalue weighted by molar-refractivity contribution is 6.09. The molecule has 0 N–H and O–H groups in total. The Morgan fingerprint density at radius 1 is 0.738 bits per heavy atom. The first-order chi connectivity index (χ1) is 20.5. The number of pyridine rings is 1. The van der Waals surface area contributed by atoms with Crippen LogP contribution in [0.4, 0.5) is 0 Å². The maximum absolute atomic E-state index is 5.36. The smallest absolute Gasteiger partial charge is 0.144 e. The number of nitrogens with zero attached hydrogens (tertiary/aromatic N) is 4. The number of imidazole rings is 1. The molecule has 1 aliphatic rings. The summed E-state index contributed by atoms with van der Waals surface area (Å²) in [5.41, 5.74) is 11.7. The van der Waals surface area contributed by atoms with E-state index in [0.717, 1.165) is 46.5 Å². The average Bonchev–Trinajstić information content (AvgIpc) is 3.64. The van der Waals surface area contributed by atoms with E-state index in [9.17, 15) is 0 Å². The molecule has 0 atom stereocenters. The largest absolute Gasteiger partial charge is 0.308 e. The van der Waals surface area contributed by atoms with Crippen LogP contribution in [0, 0.1) is 0 Å². The first-order valence-corrected chi connectivity index (χ1v) is 15.1. The van der Waals surface area contributed by atoms with Crippen LogP contribution in [0.5, 0.6) is 0 Å². The molecule has 3 aromatic carbocycles. The molecule has 0 saturated carbocycles. The fourth-order valence-corrected chi connectivity index (χ4v) is 6.30. The third-order valence-electron chi connectivity index (χ3n) is 8.37. The van der Waals surface area contributed by atoms with Crippen molar-refractivity contribution in [3.63, 3.8) is 0 Å². The quantitative estimate of drug-likeness (QED) is 0.208. The van der Waals surface area contributed by atoms with Crippen molar-refractivity contribution in [1.29, 1.82) is 0 Å². The van der Waals surface area contributed by atoms with Crippen LogP contribution in [-0.4, -0.2) is 19.1 Å². The second-order valence-electron chi connectivity index (χ2n) is 11.8. The van der Waals surface area contributed by atoms with Gasteiger partial charge in [-0.15, -0.1) is 0 Å². The van der Waals surface area contributed by atoms with E-state index >= 15 is 0 Å². The van der Waals surface area contributed by atoms with Crippen molar-refractivity contribution in [3.05, 3.63) is 121 Å². The molecule has 4 heteroatoms. The summed E-state index contributed by atoms with van der Waals surface area (Å²) in [7, 11) is 0. The molecule has 3 heterocycles. The van der Waals surface area contributed by atoms with Crippen LogP contribution in [0.25, 0.3) is 56.0 Å². The van der Waals surface area contributed by atoms with Crippen molar-refractivity contribution < 1.29 is 0 Å². The SMILES string of the molecule is CC(C)c1cc(-c2ccc3c(n2)c2ccccc2n3C2=CCCC=C2)cc(C(C)C)c1-n1ccnc1-c1ccccc1. The van der Waals surface area contributed by atoms with Gasteiger partial charge < -0.3 is 4.57 Å². The van der Waals surface area contributed by atoms with Crippen molar-refractivity contribution in [2.24, 2.45) is 0 Å². The highest BCUT2D eigenvalue weighted by atomic mass is 15.1. The van der Waals surface area contributed by atoms with Crippen LogP contribution in [0.3, 0.4) is 0 Å². The number of benzene rings is 3. The molecule has 0 fully saturated rings. The predicted molar refractivity (Wildman–Crippen MR) is 176 cm³/mol. The molecule has 0 unspecified atom stereocenters. The number of para-hydroxylation sites is 1. The maximum Gasteiger partial charge on any atom is 0.144 e. The summed E-state index contributed by atoms with van der Waals surface area (Å²) in [4.78, 5) is 10.1. The van der Waals surface area contributed by atoms with Gasteiger partial charge in [0.15, 0.2) is 0 Å². The highest BCUT2D eigenvalue weighted by Crippen LogP contribution is 2.39. The lowest BCUT2D eigenvalue weighted by Gasteiger charge is -2.23. The van der Waals surface area contributed by atoms with Crippen molar-refractivity contribution in [2.45, 2.75) is 52.4 Å². The Morgan fingerprint density at radius 2 is 1.48 bits per heavy atom. The lowest BCUT2D eigenvalue weighted by atomic mass is 9.89. The van der Waals surface area contributed by atoms with E-state index in [2.05, 4.69) is 140 Å². The highest BCUT2D eigenvalue weighted by Gasteiger charge is 2.22. The van der Waals surface area contributed by atoms with Crippen LogP contribution >= 0.6 is 0 Å². The number of hydrogen-bond acceptors (Lipinski definition) is 2. The monoisotopic (exact) mass is 548 g/mol. The van der Waals surface area contributed by atoms with Gasteiger partial charge in [-0.3, -0.25) is 4.57 Å². The van der Waals surface area contributed by atoms with Crippen LogP contribution in [0.1, 0.15) is 63.5 Å². The first-order valence-electron chi connectivity index (χ1n) is 15.1. The van der Waals surface area contributed by atoms with Gasteiger partial charge in [-0.25, -0.2) is 9.97 Å². The average molecular weight is 549 g/mol. The van der Waals surface area contributed by atoms with E-state index in [4.69, 9.17) is 9.97 Å². The Hall–Kier alpha value is -4.70. The fourth-order valence-electron chi connectivity index (χ4n) is 6.30. The Labute approximate surface area is 247 Å². The van der Waals surface area contributed by atoms with Gasteiger partial charge in [-0.05, 0) is 72.2 Å². The molecule has 3 aromatic heterocycles. The van der Waals surface area contributed by atoms with Gasteiger partial charge in [0.2, 0.25) is 0 Å². The molecule has 7 rings (SSSR count). The third-order valence-corrected chi connectivity index (χ3v) is 8.37. The Bertz CT molecular complexity index is 1950. The molecule has 42 heavy (non-hydrogen) atoms. The summed E-state index contributed by atoms with van der Waals surface area (Å²) >= 11 is 0. The minimum absolute atomic E-state index is 0.319. The van der Waals surface area contributed by atoms with E-state index in [1.54, 1.807) is 0 Å². The molecule has 0 amide bonds. The van der Waals surface area contributed by atoms with Gasteiger partial charge in [-0.1, -0.05) is 88.4 Å². The first kappa shape index (κ1) is 26.2. The van der Waals surface area contributed by atoms with Crippen molar-refractivity contribution in [3.8, 4) is 28.3 Å². The maximum atomic E-state index is 5.36. The number of aromatic nitrogens is 4. The molecule has 208 valence electrons. The molecule has 4 nitrogen and oxygen atoms in total. The van der Waals surface area contributed by atoms with E-state index < -0.39 is 0 Å². The van der Waals surface area contributed by atoms with Crippen LogP contribution in [0.15, 0.2) is 109 Å². The third kappa shape index (κ3) is 4.39. The Morgan fingerprint density at radius 3 is 2.19 bits per heavy atom. The van der Waals surface area contributed by atoms with Gasteiger partial charge in [-0.2, -0.15) is 0 Å². The lowest BCUT2D eigenvalue weighted by Crippen LogP contribution is -2.09. The molecular formula is C38H36N4. The van der Waals surface area contributed by atoms with Crippen LogP contribution < -0.4 is 0 Å². The Kier molecular flexibility index (Phi) is 6.62. The van der Waals surface area contributed by atoms with Gasteiger partial charge in [0.25, 0.3) is 0 Å². The van der Waals surface area contributed by atoms with E-state index in [0.29, 0.717) is 11.8 Å². The molecule has 0 bridgehead atoms. The fraction of sp³-hybridized carbons (Fsp3) is 0.211. The predicted octanol–water partition coefficient (Wildman–Crippen LogP) is 10.1. The minimum Gasteiger partial charge on any atom is -0.308 e. The van der Waals surface area contributed by atoms with Crippen LogP contribution in [-0.2, 0) is 0 Å². The van der Waals surface area contributed by atoms with Crippen molar-refractivity contribution >= 4 is 27.6 Å². The zero-order valence-electron chi connectivity index (χ0n) is 24.8. The normalized spacial score (nSPS) is 13.5. The summed E-state index contributed by atoms with van der Waals surface area (Å²) in [6.07, 6.45) is 13.0. The molecule has 1 aliphatic carbocycles. The second kappa shape index (κ2) is 10.6. The summed E-state index contributed by atoms with van der Waals surface area (Å²) < 4.78 is 4.64. The second-order valence-corrected chi connectivity index (χ2v) is 11.8. The molecule has 6 aromatic rings. The summed E-state index contributed by atoms with van der Waals surface area (Å²) in [5, 5.41) is 1.19. The van der Waals surface area contributed by atoms with Crippen molar-refractivity contribution in [2.75, 3.05) is 0 Å². The summed E-state index contributed by atoms with van der Waals surface area (Å²) in [6, 6.07) is 28.2. The molecular weight excluding hydrogens is 512 g/mol.